The molecule has 0 spiro atoms. The number of carbonyl (C=O) groups is 2. The summed E-state index contributed by atoms with van der Waals surface area (Å²) in [6.07, 6.45) is 0.654. The Morgan fingerprint density at radius 1 is 0.758 bits per heavy atom. The normalized spacial score (nSPS) is 25.1. The van der Waals surface area contributed by atoms with Crippen LogP contribution in [0.5, 0.6) is 0 Å². The minimum absolute atomic E-state index is 0.288. The minimum Gasteiger partial charge on any atom is -0.467 e. The van der Waals surface area contributed by atoms with E-state index >= 15 is 0 Å². The van der Waals surface area contributed by atoms with Gasteiger partial charge in [0.2, 0.25) is 5.91 Å². The number of amides is 2. The standard InChI is InChI=1S/C25H23N3O5/c29-24-21-22(20-7-4-14-32-20)28(19-5-2-1-3-6-19)33-23(21)25(30)27(24)18-10-8-17(9-11-18)26-12-15-31-16-13-26/h1-11,14,21-23H,12-13,15-16H2/t21-,22-,23+/m0/s1. The zero-order valence-corrected chi connectivity index (χ0v) is 17.9. The molecule has 0 aliphatic carbocycles. The summed E-state index contributed by atoms with van der Waals surface area (Å²) < 4.78 is 11.1. The van der Waals surface area contributed by atoms with Gasteiger partial charge in [0.05, 0.1) is 30.9 Å². The molecule has 6 rings (SSSR count). The summed E-state index contributed by atoms with van der Waals surface area (Å²) in [6, 6.07) is 20.0. The average molecular weight is 445 g/mol. The maximum absolute atomic E-state index is 13.6. The van der Waals surface area contributed by atoms with Gasteiger partial charge in [-0.1, -0.05) is 18.2 Å². The highest BCUT2D eigenvalue weighted by Gasteiger charge is 2.61. The van der Waals surface area contributed by atoms with Gasteiger partial charge in [0, 0.05) is 18.8 Å². The molecule has 3 atom stereocenters. The maximum atomic E-state index is 13.6. The zero-order valence-electron chi connectivity index (χ0n) is 17.9. The number of benzene rings is 2. The lowest BCUT2D eigenvalue weighted by atomic mass is 9.94. The molecule has 8 nitrogen and oxygen atoms in total. The number of fused-ring (bicyclic) bond motifs is 1. The second kappa shape index (κ2) is 8.06. The van der Waals surface area contributed by atoms with Crippen LogP contribution in [0.2, 0.25) is 0 Å². The topological polar surface area (TPSA) is 75.5 Å². The Hall–Kier alpha value is -3.62. The number of anilines is 3. The monoisotopic (exact) mass is 445 g/mol. The van der Waals surface area contributed by atoms with Crippen LogP contribution in [0.25, 0.3) is 0 Å². The number of hydrogen-bond donors (Lipinski definition) is 0. The number of imide groups is 1. The van der Waals surface area contributed by atoms with Crippen molar-refractivity contribution in [3.8, 4) is 0 Å². The molecule has 3 aromatic rings. The van der Waals surface area contributed by atoms with E-state index in [-0.39, 0.29) is 11.8 Å². The predicted octanol–water partition coefficient (Wildman–Crippen LogP) is 3.17. The molecule has 0 bridgehead atoms. The molecule has 0 radical (unpaired) electrons. The molecule has 168 valence electrons. The summed E-state index contributed by atoms with van der Waals surface area (Å²) in [7, 11) is 0. The van der Waals surface area contributed by atoms with Crippen molar-refractivity contribution in [2.24, 2.45) is 5.92 Å². The van der Waals surface area contributed by atoms with Crippen LogP contribution in [0.15, 0.2) is 77.4 Å². The quantitative estimate of drug-likeness (QED) is 0.571. The zero-order chi connectivity index (χ0) is 22.4. The molecule has 3 saturated heterocycles. The molecule has 33 heavy (non-hydrogen) atoms. The molecule has 2 amide bonds. The van der Waals surface area contributed by atoms with Gasteiger partial charge in [-0.25, -0.2) is 9.96 Å². The predicted molar refractivity (Wildman–Crippen MR) is 121 cm³/mol. The summed E-state index contributed by atoms with van der Waals surface area (Å²) in [6.45, 7) is 3.02. The van der Waals surface area contributed by atoms with Crippen LogP contribution in [0.3, 0.4) is 0 Å². The third kappa shape index (κ3) is 3.30. The average Bonchev–Trinajstić information content (AvgIpc) is 3.58. The number of morpholine rings is 1. The van der Waals surface area contributed by atoms with Gasteiger partial charge in [-0.05, 0) is 48.5 Å². The molecule has 3 fully saturated rings. The van der Waals surface area contributed by atoms with Gasteiger partial charge in [-0.15, -0.1) is 0 Å². The van der Waals surface area contributed by atoms with Crippen LogP contribution in [-0.4, -0.2) is 44.2 Å². The van der Waals surface area contributed by atoms with Gasteiger partial charge in [0.1, 0.15) is 17.7 Å². The Balaban J connectivity index is 1.31. The van der Waals surface area contributed by atoms with Crippen molar-refractivity contribution < 1.29 is 23.6 Å². The highest BCUT2D eigenvalue weighted by molar-refractivity contribution is 6.23. The van der Waals surface area contributed by atoms with Crippen molar-refractivity contribution in [1.82, 2.24) is 0 Å². The Kier molecular flexibility index (Phi) is 4.89. The number of hydrogen-bond acceptors (Lipinski definition) is 7. The number of nitrogens with zero attached hydrogens (tertiary/aromatic N) is 3. The summed E-state index contributed by atoms with van der Waals surface area (Å²) >= 11 is 0. The van der Waals surface area contributed by atoms with E-state index in [1.54, 1.807) is 17.4 Å². The van der Waals surface area contributed by atoms with E-state index in [0.29, 0.717) is 24.7 Å². The summed E-state index contributed by atoms with van der Waals surface area (Å²) in [5.74, 6) is -0.775. The van der Waals surface area contributed by atoms with E-state index < -0.39 is 18.1 Å². The second-order valence-corrected chi connectivity index (χ2v) is 8.30. The van der Waals surface area contributed by atoms with E-state index in [1.807, 2.05) is 60.7 Å². The number of para-hydroxylation sites is 1. The van der Waals surface area contributed by atoms with Gasteiger partial charge in [-0.2, -0.15) is 0 Å². The van der Waals surface area contributed by atoms with E-state index in [9.17, 15) is 9.59 Å². The number of rotatable bonds is 4. The Labute approximate surface area is 190 Å². The number of hydroxylamine groups is 1. The van der Waals surface area contributed by atoms with Crippen molar-refractivity contribution >= 4 is 28.9 Å². The van der Waals surface area contributed by atoms with Crippen molar-refractivity contribution in [2.45, 2.75) is 12.1 Å². The van der Waals surface area contributed by atoms with Crippen molar-refractivity contribution in [2.75, 3.05) is 41.2 Å². The third-order valence-corrected chi connectivity index (χ3v) is 6.44. The molecule has 3 aliphatic heterocycles. The molecule has 0 N–H and O–H groups in total. The van der Waals surface area contributed by atoms with Gasteiger partial charge < -0.3 is 14.1 Å². The largest absolute Gasteiger partial charge is 0.467 e. The fraction of sp³-hybridized carbons (Fsp3) is 0.280. The maximum Gasteiger partial charge on any atom is 0.266 e. The van der Waals surface area contributed by atoms with Crippen LogP contribution in [-0.2, 0) is 19.2 Å². The van der Waals surface area contributed by atoms with Crippen LogP contribution in [0.1, 0.15) is 11.8 Å². The molecule has 3 aliphatic rings. The summed E-state index contributed by atoms with van der Waals surface area (Å²) in [4.78, 5) is 36.5. The summed E-state index contributed by atoms with van der Waals surface area (Å²) in [5, 5.41) is 1.63. The first-order valence-corrected chi connectivity index (χ1v) is 11.1. The first kappa shape index (κ1) is 20.0. The SMILES string of the molecule is O=C1[C@@H]2[C@@H](ON(c3ccccc3)[C@H]2c2ccco2)C(=O)N1c1ccc(N2CCOCC2)cc1. The second-order valence-electron chi connectivity index (χ2n) is 8.30. The molecular formula is C25H23N3O5. The number of furan rings is 1. The van der Waals surface area contributed by atoms with E-state index in [2.05, 4.69) is 4.90 Å². The highest BCUT2D eigenvalue weighted by atomic mass is 16.7. The Morgan fingerprint density at radius 2 is 1.48 bits per heavy atom. The summed E-state index contributed by atoms with van der Waals surface area (Å²) in [5.41, 5.74) is 2.35. The Morgan fingerprint density at radius 3 is 2.18 bits per heavy atom. The first-order chi connectivity index (χ1) is 16.2. The van der Waals surface area contributed by atoms with E-state index in [1.165, 1.54) is 4.90 Å². The molecule has 0 saturated carbocycles. The molecule has 0 unspecified atom stereocenters. The fourth-order valence-electron chi connectivity index (χ4n) is 4.85. The van der Waals surface area contributed by atoms with Crippen LogP contribution >= 0.6 is 0 Å². The fourth-order valence-corrected chi connectivity index (χ4v) is 4.85. The highest BCUT2D eigenvalue weighted by Crippen LogP contribution is 2.47. The van der Waals surface area contributed by atoms with Gasteiger partial charge in [-0.3, -0.25) is 14.4 Å². The molecular weight excluding hydrogens is 422 g/mol. The number of carbonyl (C=O) groups excluding carboxylic acids is 2. The Bertz CT molecular complexity index is 1140. The minimum atomic E-state index is -0.910. The molecule has 4 heterocycles. The van der Waals surface area contributed by atoms with Gasteiger partial charge in [0.15, 0.2) is 6.10 Å². The van der Waals surface area contributed by atoms with Crippen LogP contribution in [0.4, 0.5) is 17.1 Å². The van der Waals surface area contributed by atoms with Crippen molar-refractivity contribution in [1.29, 1.82) is 0 Å². The lowest BCUT2D eigenvalue weighted by molar-refractivity contribution is -0.126. The third-order valence-electron chi connectivity index (χ3n) is 6.44. The number of ether oxygens (including phenoxy) is 1. The molecule has 1 aromatic heterocycles. The van der Waals surface area contributed by atoms with E-state index in [0.717, 1.165) is 24.5 Å². The van der Waals surface area contributed by atoms with Gasteiger partial charge in [0.25, 0.3) is 5.91 Å². The first-order valence-electron chi connectivity index (χ1n) is 11.1. The smallest absolute Gasteiger partial charge is 0.266 e. The lowest BCUT2D eigenvalue weighted by Gasteiger charge is -2.29. The van der Waals surface area contributed by atoms with Crippen molar-refractivity contribution in [3.63, 3.8) is 0 Å². The van der Waals surface area contributed by atoms with Gasteiger partial charge >= 0.3 is 0 Å². The van der Waals surface area contributed by atoms with E-state index in [4.69, 9.17) is 14.0 Å². The van der Waals surface area contributed by atoms with Crippen LogP contribution < -0.4 is 14.9 Å². The molecule has 2 aromatic carbocycles. The van der Waals surface area contributed by atoms with Crippen molar-refractivity contribution in [3.05, 3.63) is 78.8 Å². The van der Waals surface area contributed by atoms with Crippen LogP contribution in [0, 0.1) is 5.92 Å². The molecule has 8 heteroatoms. The lowest BCUT2D eigenvalue weighted by Crippen LogP contribution is -2.37.